The molecule has 0 radical (unpaired) electrons. The second-order valence-electron chi connectivity index (χ2n) is 5.44. The highest BCUT2D eigenvalue weighted by Gasteiger charge is 2.37. The maximum Gasteiger partial charge on any atom is 0.0858 e. The molecule has 1 aromatic rings. The first-order valence-corrected chi connectivity index (χ1v) is 7.61. The summed E-state index contributed by atoms with van der Waals surface area (Å²) in [6, 6.07) is 7.96. The molecule has 100 valence electrons. The van der Waals surface area contributed by atoms with Gasteiger partial charge in [0.2, 0.25) is 0 Å². The van der Waals surface area contributed by atoms with Crippen LogP contribution >= 0.6 is 15.9 Å². The van der Waals surface area contributed by atoms with Gasteiger partial charge in [0, 0.05) is 16.4 Å². The molecule has 3 N–H and O–H groups in total. The van der Waals surface area contributed by atoms with Crippen molar-refractivity contribution in [2.24, 2.45) is 11.1 Å². The van der Waals surface area contributed by atoms with Gasteiger partial charge in [0.15, 0.2) is 0 Å². The van der Waals surface area contributed by atoms with Gasteiger partial charge in [-0.25, -0.2) is 0 Å². The highest BCUT2D eigenvalue weighted by Crippen LogP contribution is 2.44. The molecule has 2 rings (SSSR count). The Hall–Kier alpha value is -0.380. The van der Waals surface area contributed by atoms with Gasteiger partial charge in [0.05, 0.1) is 6.10 Å². The monoisotopic (exact) mass is 311 g/mol. The lowest BCUT2D eigenvalue weighted by molar-refractivity contribution is 0.0166. The molecule has 0 aromatic heterocycles. The molecule has 1 saturated carbocycles. The second kappa shape index (κ2) is 6.18. The van der Waals surface area contributed by atoms with Crippen LogP contribution in [0.1, 0.15) is 50.2 Å². The summed E-state index contributed by atoms with van der Waals surface area (Å²) in [5.74, 6) is 0. The summed E-state index contributed by atoms with van der Waals surface area (Å²) < 4.78 is 1.01. The van der Waals surface area contributed by atoms with Gasteiger partial charge in [-0.15, -0.1) is 0 Å². The van der Waals surface area contributed by atoms with Crippen LogP contribution in [0.3, 0.4) is 0 Å². The van der Waals surface area contributed by atoms with Crippen LogP contribution in [0.15, 0.2) is 28.7 Å². The van der Waals surface area contributed by atoms with E-state index in [0.717, 1.165) is 22.9 Å². The number of hydrogen-bond acceptors (Lipinski definition) is 2. The van der Waals surface area contributed by atoms with Crippen LogP contribution in [0.2, 0.25) is 0 Å². The van der Waals surface area contributed by atoms with E-state index in [0.29, 0.717) is 6.54 Å². The van der Waals surface area contributed by atoms with Crippen LogP contribution in [-0.2, 0) is 0 Å². The van der Waals surface area contributed by atoms with Crippen molar-refractivity contribution >= 4 is 15.9 Å². The Morgan fingerprint density at radius 1 is 1.22 bits per heavy atom. The van der Waals surface area contributed by atoms with Crippen molar-refractivity contribution in [3.8, 4) is 0 Å². The normalized spacial score (nSPS) is 21.3. The molecule has 1 unspecified atom stereocenters. The van der Waals surface area contributed by atoms with E-state index in [9.17, 15) is 5.11 Å². The molecule has 0 saturated heterocycles. The average molecular weight is 312 g/mol. The fourth-order valence-electron chi connectivity index (χ4n) is 3.05. The summed E-state index contributed by atoms with van der Waals surface area (Å²) in [5.41, 5.74) is 6.87. The molecule has 2 nitrogen and oxygen atoms in total. The molecule has 1 aliphatic carbocycles. The first kappa shape index (κ1) is 14.0. The van der Waals surface area contributed by atoms with E-state index in [4.69, 9.17) is 5.73 Å². The average Bonchev–Trinajstić information content (AvgIpc) is 2.64. The van der Waals surface area contributed by atoms with Crippen molar-refractivity contribution in [3.63, 3.8) is 0 Å². The highest BCUT2D eigenvalue weighted by molar-refractivity contribution is 9.10. The number of aliphatic hydroxyl groups is 1. The lowest BCUT2D eigenvalue weighted by Crippen LogP contribution is -2.36. The van der Waals surface area contributed by atoms with Crippen molar-refractivity contribution < 1.29 is 5.11 Å². The van der Waals surface area contributed by atoms with Crippen molar-refractivity contribution in [3.05, 3.63) is 34.3 Å². The maximum absolute atomic E-state index is 10.7. The van der Waals surface area contributed by atoms with Gasteiger partial charge in [-0.1, -0.05) is 53.7 Å². The van der Waals surface area contributed by atoms with Crippen molar-refractivity contribution in [2.45, 2.75) is 44.6 Å². The molecule has 1 atom stereocenters. The van der Waals surface area contributed by atoms with Crippen molar-refractivity contribution in [1.82, 2.24) is 0 Å². The Labute approximate surface area is 118 Å². The smallest absolute Gasteiger partial charge is 0.0858 e. The zero-order valence-electron chi connectivity index (χ0n) is 10.7. The molecule has 1 aliphatic rings. The van der Waals surface area contributed by atoms with Crippen LogP contribution in [0.25, 0.3) is 0 Å². The third kappa shape index (κ3) is 2.95. The zero-order chi connectivity index (χ0) is 13.0. The fraction of sp³-hybridized carbons (Fsp3) is 0.600. The van der Waals surface area contributed by atoms with E-state index in [1.165, 1.54) is 25.7 Å². The largest absolute Gasteiger partial charge is 0.388 e. The summed E-state index contributed by atoms with van der Waals surface area (Å²) >= 11 is 3.47. The third-order valence-corrected chi connectivity index (χ3v) is 4.74. The molecule has 0 aliphatic heterocycles. The molecule has 0 spiro atoms. The van der Waals surface area contributed by atoms with E-state index in [2.05, 4.69) is 15.9 Å². The van der Waals surface area contributed by atoms with E-state index in [-0.39, 0.29) is 5.41 Å². The van der Waals surface area contributed by atoms with E-state index >= 15 is 0 Å². The van der Waals surface area contributed by atoms with E-state index in [1.54, 1.807) is 0 Å². The predicted molar refractivity (Wildman–Crippen MR) is 78.3 cm³/mol. The predicted octanol–water partition coefficient (Wildman–Crippen LogP) is 3.78. The Morgan fingerprint density at radius 3 is 2.44 bits per heavy atom. The first-order valence-electron chi connectivity index (χ1n) is 6.81. The molecule has 3 heteroatoms. The molecular weight excluding hydrogens is 290 g/mol. The Kier molecular flexibility index (Phi) is 4.82. The van der Waals surface area contributed by atoms with Crippen LogP contribution in [0.5, 0.6) is 0 Å². The second-order valence-corrected chi connectivity index (χ2v) is 6.35. The van der Waals surface area contributed by atoms with Crippen LogP contribution in [0.4, 0.5) is 0 Å². The van der Waals surface area contributed by atoms with Crippen LogP contribution < -0.4 is 5.73 Å². The van der Waals surface area contributed by atoms with E-state index < -0.39 is 6.10 Å². The van der Waals surface area contributed by atoms with Gasteiger partial charge < -0.3 is 10.8 Å². The summed E-state index contributed by atoms with van der Waals surface area (Å²) in [5, 5.41) is 10.7. The summed E-state index contributed by atoms with van der Waals surface area (Å²) in [6.45, 7) is 0.570. The topological polar surface area (TPSA) is 46.2 Å². The van der Waals surface area contributed by atoms with Gasteiger partial charge in [-0.05, 0) is 30.5 Å². The maximum atomic E-state index is 10.7. The quantitative estimate of drug-likeness (QED) is 0.834. The molecule has 0 amide bonds. The lowest BCUT2D eigenvalue weighted by Gasteiger charge is -2.36. The van der Waals surface area contributed by atoms with Gasteiger partial charge in [-0.3, -0.25) is 0 Å². The number of rotatable bonds is 3. The Morgan fingerprint density at radius 2 is 1.89 bits per heavy atom. The van der Waals surface area contributed by atoms with Crippen molar-refractivity contribution in [2.75, 3.05) is 6.54 Å². The van der Waals surface area contributed by atoms with Gasteiger partial charge in [0.25, 0.3) is 0 Å². The van der Waals surface area contributed by atoms with Gasteiger partial charge in [0.1, 0.15) is 0 Å². The molecule has 0 heterocycles. The standard InChI is InChI=1S/C15H22BrNO/c16-13-7-5-6-12(10-13)14(18)15(11-17)8-3-1-2-4-9-15/h5-7,10,14,18H,1-4,8-9,11,17H2. The number of hydrogen-bond donors (Lipinski definition) is 2. The first-order chi connectivity index (χ1) is 8.68. The van der Waals surface area contributed by atoms with Crippen molar-refractivity contribution in [1.29, 1.82) is 0 Å². The number of benzene rings is 1. The summed E-state index contributed by atoms with van der Waals surface area (Å²) in [7, 11) is 0. The Bertz CT molecular complexity index is 386. The minimum Gasteiger partial charge on any atom is -0.388 e. The highest BCUT2D eigenvalue weighted by atomic mass is 79.9. The minimum absolute atomic E-state index is 0.128. The lowest BCUT2D eigenvalue weighted by atomic mass is 9.73. The molecule has 18 heavy (non-hydrogen) atoms. The minimum atomic E-state index is -0.446. The number of aliphatic hydroxyl groups excluding tert-OH is 1. The zero-order valence-corrected chi connectivity index (χ0v) is 12.3. The third-order valence-electron chi connectivity index (χ3n) is 4.25. The number of nitrogens with two attached hydrogens (primary N) is 1. The summed E-state index contributed by atoms with van der Waals surface area (Å²) in [4.78, 5) is 0. The molecule has 0 bridgehead atoms. The van der Waals surface area contributed by atoms with Gasteiger partial charge >= 0.3 is 0 Å². The van der Waals surface area contributed by atoms with Crippen LogP contribution in [0, 0.1) is 5.41 Å². The Balaban J connectivity index is 2.25. The van der Waals surface area contributed by atoms with Crippen LogP contribution in [-0.4, -0.2) is 11.7 Å². The summed E-state index contributed by atoms with van der Waals surface area (Å²) in [6.07, 6.45) is 6.54. The SMILES string of the molecule is NCC1(C(O)c2cccc(Br)c2)CCCCCC1. The molecular formula is C15H22BrNO. The van der Waals surface area contributed by atoms with E-state index in [1.807, 2.05) is 24.3 Å². The molecule has 1 fully saturated rings. The number of halogens is 1. The molecule has 1 aromatic carbocycles. The fourth-order valence-corrected chi connectivity index (χ4v) is 3.47. The van der Waals surface area contributed by atoms with Gasteiger partial charge in [-0.2, -0.15) is 0 Å².